The average Bonchev–Trinajstić information content (AvgIpc) is 2.78. The molecule has 1 aromatic heterocycles. The Balaban J connectivity index is 2.42. The molecule has 0 saturated heterocycles. The number of tetrazole rings is 1. The number of nitrogens with zero attached hydrogens (tertiary/aromatic N) is 4. The van der Waals surface area contributed by atoms with Gasteiger partial charge in [-0.1, -0.05) is 30.3 Å². The molecule has 5 nitrogen and oxygen atoms in total. The van der Waals surface area contributed by atoms with Crippen molar-refractivity contribution in [2.75, 3.05) is 5.88 Å². The number of benzene rings is 1. The zero-order valence-electron chi connectivity index (χ0n) is 10.2. The molecule has 0 aliphatic heterocycles. The number of rotatable bonds is 5. The fourth-order valence-electron chi connectivity index (χ4n) is 1.89. The fourth-order valence-corrected chi connectivity index (χ4v) is 2.10. The highest BCUT2D eigenvalue weighted by Crippen LogP contribution is 2.19. The maximum Gasteiger partial charge on any atom is 0.364 e. The van der Waals surface area contributed by atoms with Crippen LogP contribution in [-0.2, 0) is 6.54 Å². The van der Waals surface area contributed by atoms with Crippen molar-refractivity contribution in [3.05, 3.63) is 46.4 Å². The highest BCUT2D eigenvalue weighted by molar-refractivity contribution is 6.17. The third-order valence-electron chi connectivity index (χ3n) is 2.82. The predicted molar refractivity (Wildman–Crippen MR) is 69.9 cm³/mol. The summed E-state index contributed by atoms with van der Waals surface area (Å²) in [4.78, 5) is 12.0. The van der Waals surface area contributed by atoms with Crippen LogP contribution >= 0.6 is 11.6 Å². The first-order valence-corrected chi connectivity index (χ1v) is 6.44. The van der Waals surface area contributed by atoms with Crippen LogP contribution in [0.5, 0.6) is 0 Å². The zero-order valence-corrected chi connectivity index (χ0v) is 10.9. The van der Waals surface area contributed by atoms with Crippen molar-refractivity contribution in [3.63, 3.8) is 0 Å². The standard InChI is InChI=1S/C12H15ClN4O/c1-2-16-12(18)17(15-14-16)11(8-9-13)10-6-4-3-5-7-10/h3-7,11H,2,8-9H2,1H3. The Labute approximate surface area is 110 Å². The molecule has 18 heavy (non-hydrogen) atoms. The number of hydrogen-bond acceptors (Lipinski definition) is 3. The Hall–Kier alpha value is -1.62. The van der Waals surface area contributed by atoms with Gasteiger partial charge in [0, 0.05) is 12.4 Å². The van der Waals surface area contributed by atoms with Crippen LogP contribution in [0.15, 0.2) is 35.1 Å². The minimum Gasteiger partial charge on any atom is -0.244 e. The quantitative estimate of drug-likeness (QED) is 0.774. The van der Waals surface area contributed by atoms with Crippen molar-refractivity contribution in [3.8, 4) is 0 Å². The van der Waals surface area contributed by atoms with Crippen LogP contribution in [0.3, 0.4) is 0 Å². The van der Waals surface area contributed by atoms with E-state index in [4.69, 9.17) is 11.6 Å². The maximum absolute atomic E-state index is 12.0. The molecule has 0 aliphatic carbocycles. The molecule has 0 spiro atoms. The molecule has 2 aromatic rings. The van der Waals surface area contributed by atoms with Gasteiger partial charge in [0.1, 0.15) is 0 Å². The Morgan fingerprint density at radius 3 is 2.56 bits per heavy atom. The SMILES string of the molecule is CCn1nnn(C(CCCl)c2ccccc2)c1=O. The lowest BCUT2D eigenvalue weighted by Gasteiger charge is -2.14. The third-order valence-corrected chi connectivity index (χ3v) is 3.04. The van der Waals surface area contributed by atoms with Gasteiger partial charge in [-0.3, -0.25) is 0 Å². The molecule has 0 saturated carbocycles. The average molecular weight is 267 g/mol. The lowest BCUT2D eigenvalue weighted by Crippen LogP contribution is -2.29. The summed E-state index contributed by atoms with van der Waals surface area (Å²) < 4.78 is 2.74. The van der Waals surface area contributed by atoms with Crippen molar-refractivity contribution in [1.29, 1.82) is 0 Å². The van der Waals surface area contributed by atoms with Crippen LogP contribution in [0, 0.1) is 0 Å². The van der Waals surface area contributed by atoms with E-state index in [-0.39, 0.29) is 11.7 Å². The van der Waals surface area contributed by atoms with Gasteiger partial charge in [-0.25, -0.2) is 4.79 Å². The van der Waals surface area contributed by atoms with Crippen molar-refractivity contribution in [1.82, 2.24) is 19.8 Å². The van der Waals surface area contributed by atoms with Crippen molar-refractivity contribution >= 4 is 11.6 Å². The number of aryl methyl sites for hydroxylation is 1. The predicted octanol–water partition coefficient (Wildman–Crippen LogP) is 1.68. The third kappa shape index (κ3) is 2.46. The van der Waals surface area contributed by atoms with Gasteiger partial charge in [-0.05, 0) is 29.3 Å². The van der Waals surface area contributed by atoms with Gasteiger partial charge < -0.3 is 0 Å². The Morgan fingerprint density at radius 1 is 1.28 bits per heavy atom. The normalized spacial score (nSPS) is 12.6. The van der Waals surface area contributed by atoms with Gasteiger partial charge in [-0.15, -0.1) is 11.6 Å². The smallest absolute Gasteiger partial charge is 0.244 e. The van der Waals surface area contributed by atoms with Crippen molar-refractivity contribution < 1.29 is 0 Å². The van der Waals surface area contributed by atoms with Crippen LogP contribution < -0.4 is 5.69 Å². The first kappa shape index (κ1) is 12.8. The minimum atomic E-state index is -0.198. The molecule has 0 bridgehead atoms. The second kappa shape index (κ2) is 5.82. The van der Waals surface area contributed by atoms with Crippen LogP contribution in [0.2, 0.25) is 0 Å². The molecular weight excluding hydrogens is 252 g/mol. The van der Waals surface area contributed by atoms with E-state index in [2.05, 4.69) is 10.4 Å². The topological polar surface area (TPSA) is 52.7 Å². The van der Waals surface area contributed by atoms with Gasteiger partial charge in [0.15, 0.2) is 0 Å². The van der Waals surface area contributed by atoms with E-state index in [1.807, 2.05) is 37.3 Å². The Bertz CT molecular complexity index is 549. The Kier molecular flexibility index (Phi) is 4.15. The molecule has 6 heteroatoms. The summed E-state index contributed by atoms with van der Waals surface area (Å²) in [7, 11) is 0. The summed E-state index contributed by atoms with van der Waals surface area (Å²) in [6, 6.07) is 9.59. The van der Waals surface area contributed by atoms with Crippen LogP contribution in [0.4, 0.5) is 0 Å². The van der Waals surface area contributed by atoms with Crippen molar-refractivity contribution in [2.45, 2.75) is 25.9 Å². The minimum absolute atomic E-state index is 0.156. The van der Waals surface area contributed by atoms with Gasteiger partial charge in [0.05, 0.1) is 6.04 Å². The van der Waals surface area contributed by atoms with E-state index in [1.165, 1.54) is 9.36 Å². The lowest BCUT2D eigenvalue weighted by atomic mass is 10.1. The molecular formula is C12H15ClN4O. The summed E-state index contributed by atoms with van der Waals surface area (Å²) in [5, 5.41) is 7.78. The highest BCUT2D eigenvalue weighted by atomic mass is 35.5. The molecule has 0 radical (unpaired) electrons. The number of halogens is 1. The largest absolute Gasteiger partial charge is 0.364 e. The molecule has 2 rings (SSSR count). The van der Waals surface area contributed by atoms with E-state index in [0.29, 0.717) is 18.8 Å². The van der Waals surface area contributed by atoms with E-state index in [1.54, 1.807) is 0 Å². The molecule has 1 atom stereocenters. The molecule has 0 aliphatic rings. The van der Waals surface area contributed by atoms with E-state index < -0.39 is 0 Å². The molecule has 0 N–H and O–H groups in total. The summed E-state index contributed by atoms with van der Waals surface area (Å²) >= 11 is 5.82. The number of alkyl halides is 1. The summed E-state index contributed by atoms with van der Waals surface area (Å²) in [6.07, 6.45) is 0.647. The van der Waals surface area contributed by atoms with Crippen LogP contribution in [-0.4, -0.2) is 25.7 Å². The second-order valence-corrected chi connectivity index (χ2v) is 4.30. The van der Waals surface area contributed by atoms with E-state index >= 15 is 0 Å². The molecule has 1 unspecified atom stereocenters. The van der Waals surface area contributed by atoms with Crippen molar-refractivity contribution in [2.24, 2.45) is 0 Å². The van der Waals surface area contributed by atoms with Crippen LogP contribution in [0.25, 0.3) is 0 Å². The van der Waals surface area contributed by atoms with E-state index in [9.17, 15) is 4.79 Å². The summed E-state index contributed by atoms with van der Waals surface area (Å²) in [5.74, 6) is 0.463. The second-order valence-electron chi connectivity index (χ2n) is 3.93. The first-order chi connectivity index (χ1) is 8.77. The molecule has 1 aromatic carbocycles. The number of hydrogen-bond donors (Lipinski definition) is 0. The first-order valence-electron chi connectivity index (χ1n) is 5.91. The highest BCUT2D eigenvalue weighted by Gasteiger charge is 2.18. The molecule has 0 amide bonds. The van der Waals surface area contributed by atoms with Crippen LogP contribution in [0.1, 0.15) is 24.9 Å². The van der Waals surface area contributed by atoms with Gasteiger partial charge in [-0.2, -0.15) is 9.36 Å². The van der Waals surface area contributed by atoms with Gasteiger partial charge in [0.2, 0.25) is 0 Å². The molecule has 0 fully saturated rings. The lowest BCUT2D eigenvalue weighted by molar-refractivity contribution is 0.482. The number of aromatic nitrogens is 4. The molecule has 96 valence electrons. The summed E-state index contributed by atoms with van der Waals surface area (Å²) in [5.41, 5.74) is 0.819. The van der Waals surface area contributed by atoms with Gasteiger partial charge in [0.25, 0.3) is 0 Å². The Morgan fingerprint density at radius 2 is 2.00 bits per heavy atom. The monoisotopic (exact) mass is 266 g/mol. The maximum atomic E-state index is 12.0. The fraction of sp³-hybridized carbons (Fsp3) is 0.417. The van der Waals surface area contributed by atoms with E-state index in [0.717, 1.165) is 5.56 Å². The summed E-state index contributed by atoms with van der Waals surface area (Å²) in [6.45, 7) is 2.38. The molecule has 1 heterocycles. The zero-order chi connectivity index (χ0) is 13.0. The van der Waals surface area contributed by atoms with Gasteiger partial charge >= 0.3 is 5.69 Å².